The minimum Gasteiger partial charge on any atom is -0.278 e. The van der Waals surface area contributed by atoms with Crippen molar-refractivity contribution in [3.05, 3.63) is 77.9 Å². The minimum absolute atomic E-state index is 0.232. The molecule has 1 aliphatic carbocycles. The molecule has 0 unspecified atom stereocenters. The summed E-state index contributed by atoms with van der Waals surface area (Å²) in [5.41, 5.74) is 7.41. The molecule has 1 N–H and O–H groups in total. The summed E-state index contributed by atoms with van der Waals surface area (Å²) in [5, 5.41) is 4.73. The third kappa shape index (κ3) is 5.58. The van der Waals surface area contributed by atoms with Crippen molar-refractivity contribution in [2.45, 2.75) is 61.2 Å². The number of benzene rings is 3. The summed E-state index contributed by atoms with van der Waals surface area (Å²) in [7, 11) is -7.36. The van der Waals surface area contributed by atoms with E-state index in [4.69, 9.17) is 5.10 Å². The van der Waals surface area contributed by atoms with E-state index in [1.54, 1.807) is 32.9 Å². The van der Waals surface area contributed by atoms with Crippen molar-refractivity contribution in [2.24, 2.45) is 5.10 Å². The van der Waals surface area contributed by atoms with Crippen LogP contribution < -0.4 is 5.43 Å². The monoisotopic (exact) mass is 592 g/mol. The van der Waals surface area contributed by atoms with Gasteiger partial charge in [0.25, 0.3) is 0 Å². The molecule has 8 nitrogen and oxygen atoms in total. The molecule has 0 radical (unpaired) electrons. The first kappa shape index (κ1) is 28.1. The van der Waals surface area contributed by atoms with E-state index in [-0.39, 0.29) is 9.79 Å². The maximum Gasteiger partial charge on any atom is 0.243 e. The molecule has 0 bridgehead atoms. The Morgan fingerprint density at radius 3 is 1.41 bits per heavy atom. The number of hydrogen-bond donors (Lipinski definition) is 1. The zero-order valence-corrected chi connectivity index (χ0v) is 24.8. The standard InChI is InChI=1S/C31H36N4O4S2/c36-40(37,34-18-8-1-2-9-19-34)25-14-16-27-28-17-15-26(41(38,39)35-20-10-3-4-11-21-35)23-30(28)31(29(27)22-25)33-32-24-12-6-5-7-13-24/h5-7,12-17,22-23,32H,1-4,8-11,18-21H2. The highest BCUT2D eigenvalue weighted by Crippen LogP contribution is 2.40. The number of nitrogens with zero attached hydrogens (tertiary/aromatic N) is 3. The van der Waals surface area contributed by atoms with Crippen LogP contribution in [0.1, 0.15) is 62.5 Å². The van der Waals surface area contributed by atoms with Gasteiger partial charge in [0.1, 0.15) is 0 Å². The first-order chi connectivity index (χ1) is 19.9. The van der Waals surface area contributed by atoms with Gasteiger partial charge in [0, 0.05) is 37.3 Å². The maximum absolute atomic E-state index is 13.7. The molecule has 0 aromatic heterocycles. The fourth-order valence-electron chi connectivity index (χ4n) is 5.99. The van der Waals surface area contributed by atoms with Gasteiger partial charge >= 0.3 is 0 Å². The van der Waals surface area contributed by atoms with Crippen molar-refractivity contribution in [3.63, 3.8) is 0 Å². The van der Waals surface area contributed by atoms with Crippen LogP contribution in [0, 0.1) is 0 Å². The van der Waals surface area contributed by atoms with Crippen LogP contribution in [0.4, 0.5) is 5.69 Å². The zero-order chi connectivity index (χ0) is 28.5. The van der Waals surface area contributed by atoms with Crippen molar-refractivity contribution in [1.29, 1.82) is 0 Å². The second-order valence-corrected chi connectivity index (χ2v) is 14.9. The number of para-hydroxylation sites is 1. The molecule has 3 aromatic rings. The molecule has 3 aliphatic rings. The van der Waals surface area contributed by atoms with Crippen LogP contribution in [0.2, 0.25) is 0 Å². The smallest absolute Gasteiger partial charge is 0.243 e. The van der Waals surface area contributed by atoms with E-state index < -0.39 is 20.0 Å². The van der Waals surface area contributed by atoms with Gasteiger partial charge in [-0.3, -0.25) is 5.43 Å². The molecule has 0 spiro atoms. The van der Waals surface area contributed by atoms with Gasteiger partial charge < -0.3 is 0 Å². The molecule has 2 heterocycles. The highest BCUT2D eigenvalue weighted by Gasteiger charge is 2.33. The molecule has 6 rings (SSSR count). The number of anilines is 1. The summed E-state index contributed by atoms with van der Waals surface area (Å²) < 4.78 is 57.9. The van der Waals surface area contributed by atoms with Crippen LogP contribution in [0.5, 0.6) is 0 Å². The normalized spacial score (nSPS) is 18.7. The molecule has 216 valence electrons. The quantitative estimate of drug-likeness (QED) is 0.291. The van der Waals surface area contributed by atoms with Gasteiger partial charge in [-0.15, -0.1) is 0 Å². The summed E-state index contributed by atoms with van der Waals surface area (Å²) in [6.07, 6.45) is 7.59. The van der Waals surface area contributed by atoms with Crippen LogP contribution in [-0.4, -0.2) is 57.3 Å². The predicted octanol–water partition coefficient (Wildman–Crippen LogP) is 5.66. The maximum atomic E-state index is 13.7. The van der Waals surface area contributed by atoms with E-state index in [1.165, 1.54) is 0 Å². The minimum atomic E-state index is -3.68. The first-order valence-corrected chi connectivity index (χ1v) is 17.4. The second kappa shape index (κ2) is 11.7. The molecular formula is C31H36N4O4S2. The lowest BCUT2D eigenvalue weighted by molar-refractivity contribution is 0.423. The SMILES string of the molecule is O=S(=O)(c1ccc2c(c1)C(=NNc1ccccc1)c1cc(S(=O)(=O)N3CCCCCC3)ccc1-2)N1CCCCCC1. The van der Waals surface area contributed by atoms with E-state index in [0.717, 1.165) is 68.2 Å². The number of sulfonamides is 2. The van der Waals surface area contributed by atoms with Gasteiger partial charge in [-0.25, -0.2) is 16.8 Å². The van der Waals surface area contributed by atoms with Gasteiger partial charge in [-0.05, 0) is 73.2 Å². The molecular weight excluding hydrogens is 556 g/mol. The van der Waals surface area contributed by atoms with E-state index in [2.05, 4.69) is 5.43 Å². The van der Waals surface area contributed by atoms with Crippen molar-refractivity contribution in [3.8, 4) is 11.1 Å². The molecule has 2 fully saturated rings. The topological polar surface area (TPSA) is 99.1 Å². The lowest BCUT2D eigenvalue weighted by Gasteiger charge is -2.20. The Morgan fingerprint density at radius 2 is 0.976 bits per heavy atom. The molecule has 41 heavy (non-hydrogen) atoms. The number of rotatable bonds is 6. The van der Waals surface area contributed by atoms with Gasteiger partial charge in [0.15, 0.2) is 0 Å². The Morgan fingerprint density at radius 1 is 0.537 bits per heavy atom. The van der Waals surface area contributed by atoms with E-state index in [0.29, 0.717) is 43.0 Å². The second-order valence-electron chi connectivity index (χ2n) is 11.0. The van der Waals surface area contributed by atoms with Crippen molar-refractivity contribution in [1.82, 2.24) is 8.61 Å². The molecule has 0 amide bonds. The fourth-order valence-corrected chi connectivity index (χ4v) is 9.08. The molecule has 3 aromatic carbocycles. The van der Waals surface area contributed by atoms with Gasteiger partial charge in [-0.1, -0.05) is 56.0 Å². The third-order valence-corrected chi connectivity index (χ3v) is 12.0. The lowest BCUT2D eigenvalue weighted by atomic mass is 10.1. The third-order valence-electron chi connectivity index (χ3n) is 8.26. The Hall–Kier alpha value is -3.05. The molecule has 0 atom stereocenters. The first-order valence-electron chi connectivity index (χ1n) is 14.5. The number of hydrazone groups is 1. The van der Waals surface area contributed by atoms with Crippen LogP contribution >= 0.6 is 0 Å². The van der Waals surface area contributed by atoms with Crippen LogP contribution in [0.25, 0.3) is 11.1 Å². The molecule has 2 saturated heterocycles. The lowest BCUT2D eigenvalue weighted by Crippen LogP contribution is -2.32. The van der Waals surface area contributed by atoms with Crippen LogP contribution in [0.15, 0.2) is 81.6 Å². The average molecular weight is 593 g/mol. The van der Waals surface area contributed by atoms with E-state index >= 15 is 0 Å². The Labute approximate surface area is 243 Å². The highest BCUT2D eigenvalue weighted by atomic mass is 32.2. The number of hydrogen-bond acceptors (Lipinski definition) is 6. The summed E-state index contributed by atoms with van der Waals surface area (Å²) >= 11 is 0. The van der Waals surface area contributed by atoms with Gasteiger partial charge in [-0.2, -0.15) is 13.7 Å². The molecule has 2 aliphatic heterocycles. The predicted molar refractivity (Wildman–Crippen MR) is 162 cm³/mol. The van der Waals surface area contributed by atoms with Gasteiger partial charge in [0.05, 0.1) is 21.2 Å². The highest BCUT2D eigenvalue weighted by molar-refractivity contribution is 7.89. The van der Waals surface area contributed by atoms with Crippen molar-refractivity contribution >= 4 is 31.4 Å². The Balaban J connectivity index is 1.43. The van der Waals surface area contributed by atoms with Crippen LogP contribution in [0.3, 0.4) is 0 Å². The largest absolute Gasteiger partial charge is 0.278 e. The van der Waals surface area contributed by atoms with Crippen molar-refractivity contribution < 1.29 is 16.8 Å². The molecule has 0 saturated carbocycles. The van der Waals surface area contributed by atoms with Crippen LogP contribution in [-0.2, 0) is 20.0 Å². The van der Waals surface area contributed by atoms with Gasteiger partial charge in [0.2, 0.25) is 20.0 Å². The Bertz CT molecular complexity index is 1550. The number of nitrogens with one attached hydrogen (secondary N) is 1. The van der Waals surface area contributed by atoms with E-state index in [9.17, 15) is 16.8 Å². The Kier molecular flexibility index (Phi) is 8.00. The summed E-state index contributed by atoms with van der Waals surface area (Å²) in [4.78, 5) is 0.464. The van der Waals surface area contributed by atoms with E-state index in [1.807, 2.05) is 42.5 Å². The summed E-state index contributed by atoms with van der Waals surface area (Å²) in [5.74, 6) is 0. The van der Waals surface area contributed by atoms with Crippen molar-refractivity contribution in [2.75, 3.05) is 31.6 Å². The number of fused-ring (bicyclic) bond motifs is 3. The molecule has 10 heteroatoms. The zero-order valence-electron chi connectivity index (χ0n) is 23.1. The average Bonchev–Trinajstić information content (AvgIpc) is 3.28. The summed E-state index contributed by atoms with van der Waals surface area (Å²) in [6.45, 7) is 2.09. The fraction of sp³-hybridized carbons (Fsp3) is 0.387. The summed E-state index contributed by atoms with van der Waals surface area (Å²) in [6, 6.07) is 19.9.